The van der Waals surface area contributed by atoms with Crippen molar-refractivity contribution >= 4 is 17.6 Å². The highest BCUT2D eigenvalue weighted by atomic mass is 19.1. The van der Waals surface area contributed by atoms with Gasteiger partial charge in [-0.2, -0.15) is 0 Å². The predicted octanol–water partition coefficient (Wildman–Crippen LogP) is 3.15. The Bertz CT molecular complexity index is 907. The SMILES string of the molecule is CN=C(NCC1CC(=O)Nc2ccccc21)NCC1(c2cccc(F)c2)CC1. The maximum Gasteiger partial charge on any atom is 0.225 e. The van der Waals surface area contributed by atoms with E-state index in [-0.39, 0.29) is 23.1 Å². The number of hydrogen-bond donors (Lipinski definition) is 3. The minimum absolute atomic E-state index is 0.0168. The molecule has 1 saturated carbocycles. The summed E-state index contributed by atoms with van der Waals surface area (Å²) in [5, 5.41) is 9.65. The molecule has 1 fully saturated rings. The molecule has 3 N–H and O–H groups in total. The Morgan fingerprint density at radius 1 is 1.21 bits per heavy atom. The number of hydrogen-bond acceptors (Lipinski definition) is 2. The first-order chi connectivity index (χ1) is 13.6. The Labute approximate surface area is 164 Å². The van der Waals surface area contributed by atoms with Crippen molar-refractivity contribution in [1.29, 1.82) is 0 Å². The number of para-hydroxylation sites is 1. The van der Waals surface area contributed by atoms with Crippen LogP contribution in [0.3, 0.4) is 0 Å². The van der Waals surface area contributed by atoms with Crippen LogP contribution in [0.1, 0.15) is 36.3 Å². The van der Waals surface area contributed by atoms with Gasteiger partial charge in [-0.25, -0.2) is 4.39 Å². The molecule has 2 aliphatic rings. The van der Waals surface area contributed by atoms with Crippen molar-refractivity contribution in [3.8, 4) is 0 Å². The second-order valence-electron chi connectivity index (χ2n) is 7.63. The molecular weight excluding hydrogens is 355 g/mol. The zero-order valence-corrected chi connectivity index (χ0v) is 16.0. The Morgan fingerprint density at radius 2 is 2.04 bits per heavy atom. The first kappa shape index (κ1) is 18.5. The van der Waals surface area contributed by atoms with Gasteiger partial charge in [-0.1, -0.05) is 30.3 Å². The summed E-state index contributed by atoms with van der Waals surface area (Å²) in [6, 6.07) is 14.8. The molecule has 1 unspecified atom stereocenters. The predicted molar refractivity (Wildman–Crippen MR) is 109 cm³/mol. The number of amides is 1. The normalized spacial score (nSPS) is 20.1. The highest BCUT2D eigenvalue weighted by molar-refractivity contribution is 5.94. The maximum absolute atomic E-state index is 13.6. The lowest BCUT2D eigenvalue weighted by Crippen LogP contribution is -2.43. The Hall–Kier alpha value is -2.89. The smallest absolute Gasteiger partial charge is 0.225 e. The van der Waals surface area contributed by atoms with Crippen molar-refractivity contribution in [2.24, 2.45) is 4.99 Å². The maximum atomic E-state index is 13.6. The van der Waals surface area contributed by atoms with Crippen LogP contribution < -0.4 is 16.0 Å². The molecule has 2 aromatic carbocycles. The number of nitrogens with one attached hydrogen (secondary N) is 3. The van der Waals surface area contributed by atoms with Crippen LogP contribution in [0.2, 0.25) is 0 Å². The van der Waals surface area contributed by atoms with Gasteiger partial charge in [0.15, 0.2) is 5.96 Å². The molecule has 28 heavy (non-hydrogen) atoms. The van der Waals surface area contributed by atoms with E-state index in [1.807, 2.05) is 24.3 Å². The number of nitrogens with zero attached hydrogens (tertiary/aromatic N) is 1. The third-order valence-corrected chi connectivity index (χ3v) is 5.73. The van der Waals surface area contributed by atoms with Crippen molar-refractivity contribution in [2.75, 3.05) is 25.5 Å². The fourth-order valence-corrected chi connectivity index (χ4v) is 3.91. The van der Waals surface area contributed by atoms with Gasteiger partial charge in [0.05, 0.1) is 0 Å². The number of carbonyl (C=O) groups excluding carboxylic acids is 1. The van der Waals surface area contributed by atoms with Gasteiger partial charge in [-0.05, 0) is 42.2 Å². The molecule has 1 aliphatic heterocycles. The monoisotopic (exact) mass is 380 g/mol. The van der Waals surface area contributed by atoms with Gasteiger partial charge in [0.1, 0.15) is 5.82 Å². The highest BCUT2D eigenvalue weighted by Crippen LogP contribution is 2.47. The van der Waals surface area contributed by atoms with E-state index >= 15 is 0 Å². The van der Waals surface area contributed by atoms with Crippen LogP contribution in [0.25, 0.3) is 0 Å². The number of guanidine groups is 1. The summed E-state index contributed by atoms with van der Waals surface area (Å²) in [4.78, 5) is 16.3. The molecule has 1 amide bonds. The number of fused-ring (bicyclic) bond motifs is 1. The van der Waals surface area contributed by atoms with Crippen LogP contribution in [0.5, 0.6) is 0 Å². The van der Waals surface area contributed by atoms with Crippen LogP contribution in [0, 0.1) is 5.82 Å². The van der Waals surface area contributed by atoms with Gasteiger partial charge in [0.25, 0.3) is 0 Å². The fourth-order valence-electron chi connectivity index (χ4n) is 3.91. The summed E-state index contributed by atoms with van der Waals surface area (Å²) < 4.78 is 13.6. The molecule has 6 heteroatoms. The zero-order chi connectivity index (χ0) is 19.6. The van der Waals surface area contributed by atoms with Gasteiger partial charge >= 0.3 is 0 Å². The number of anilines is 1. The third kappa shape index (κ3) is 3.86. The van der Waals surface area contributed by atoms with Gasteiger partial charge < -0.3 is 16.0 Å². The number of carbonyl (C=O) groups is 1. The second-order valence-corrected chi connectivity index (χ2v) is 7.63. The van der Waals surface area contributed by atoms with Crippen LogP contribution in [0.15, 0.2) is 53.5 Å². The standard InChI is InChI=1S/C22H25FN4O/c1-24-21(26-14-22(9-10-22)16-5-4-6-17(23)12-16)25-13-15-11-20(28)27-19-8-3-2-7-18(15)19/h2-8,12,15H,9-11,13-14H2,1H3,(H,27,28)(H2,24,25,26). The Balaban J connectivity index is 1.37. The largest absolute Gasteiger partial charge is 0.356 e. The molecule has 146 valence electrons. The van der Waals surface area contributed by atoms with Gasteiger partial charge in [0, 0.05) is 43.6 Å². The lowest BCUT2D eigenvalue weighted by Gasteiger charge is -2.26. The summed E-state index contributed by atoms with van der Waals surface area (Å²) in [6.07, 6.45) is 2.53. The van der Waals surface area contributed by atoms with Crippen molar-refractivity contribution in [1.82, 2.24) is 10.6 Å². The average Bonchev–Trinajstić information content (AvgIpc) is 3.49. The summed E-state index contributed by atoms with van der Waals surface area (Å²) in [5.41, 5.74) is 3.05. The van der Waals surface area contributed by atoms with Crippen molar-refractivity contribution in [2.45, 2.75) is 30.6 Å². The summed E-state index contributed by atoms with van der Waals surface area (Å²) in [7, 11) is 1.73. The molecule has 0 spiro atoms. The molecule has 5 nitrogen and oxygen atoms in total. The van der Waals surface area contributed by atoms with E-state index in [1.165, 1.54) is 6.07 Å². The van der Waals surface area contributed by atoms with Crippen LogP contribution >= 0.6 is 0 Å². The molecule has 1 aliphatic carbocycles. The van der Waals surface area contributed by atoms with Crippen LogP contribution in [-0.4, -0.2) is 32.0 Å². The first-order valence-electron chi connectivity index (χ1n) is 9.69. The van der Waals surface area contributed by atoms with E-state index in [4.69, 9.17) is 0 Å². The lowest BCUT2D eigenvalue weighted by atomic mass is 9.90. The third-order valence-electron chi connectivity index (χ3n) is 5.73. The first-order valence-corrected chi connectivity index (χ1v) is 9.69. The topological polar surface area (TPSA) is 65.5 Å². The number of aliphatic imine (C=N–C) groups is 1. The van der Waals surface area contributed by atoms with Crippen LogP contribution in [0.4, 0.5) is 10.1 Å². The lowest BCUT2D eigenvalue weighted by molar-refractivity contribution is -0.116. The van der Waals surface area contributed by atoms with E-state index in [2.05, 4.69) is 27.0 Å². The fraction of sp³-hybridized carbons (Fsp3) is 0.364. The molecule has 1 atom stereocenters. The number of halogens is 1. The van der Waals surface area contributed by atoms with E-state index < -0.39 is 0 Å². The zero-order valence-electron chi connectivity index (χ0n) is 16.0. The van der Waals surface area contributed by atoms with Gasteiger partial charge in [-0.15, -0.1) is 0 Å². The summed E-state index contributed by atoms with van der Waals surface area (Å²) in [6.45, 7) is 1.33. The molecule has 0 radical (unpaired) electrons. The van der Waals surface area contributed by atoms with E-state index in [9.17, 15) is 9.18 Å². The minimum atomic E-state index is -0.194. The molecule has 0 aromatic heterocycles. The molecule has 0 saturated heterocycles. The molecular formula is C22H25FN4O. The quantitative estimate of drug-likeness (QED) is 0.552. The van der Waals surface area contributed by atoms with E-state index in [0.29, 0.717) is 25.5 Å². The second kappa shape index (κ2) is 7.62. The number of rotatable bonds is 5. The Kier molecular flexibility index (Phi) is 5.03. The van der Waals surface area contributed by atoms with Crippen molar-refractivity contribution in [3.05, 3.63) is 65.5 Å². The summed E-state index contributed by atoms with van der Waals surface area (Å²) >= 11 is 0. The average molecular weight is 380 g/mol. The number of benzene rings is 2. The minimum Gasteiger partial charge on any atom is -0.356 e. The van der Waals surface area contributed by atoms with E-state index in [0.717, 1.165) is 29.7 Å². The molecule has 4 rings (SSSR count). The Morgan fingerprint density at radius 3 is 2.79 bits per heavy atom. The van der Waals surface area contributed by atoms with Crippen molar-refractivity contribution < 1.29 is 9.18 Å². The summed E-state index contributed by atoms with van der Waals surface area (Å²) in [5.74, 6) is 0.643. The highest BCUT2D eigenvalue weighted by Gasteiger charge is 2.44. The van der Waals surface area contributed by atoms with Gasteiger partial charge in [-0.3, -0.25) is 9.79 Å². The van der Waals surface area contributed by atoms with Crippen molar-refractivity contribution in [3.63, 3.8) is 0 Å². The van der Waals surface area contributed by atoms with Crippen LogP contribution in [-0.2, 0) is 10.2 Å². The molecule has 2 aromatic rings. The van der Waals surface area contributed by atoms with E-state index in [1.54, 1.807) is 19.2 Å². The van der Waals surface area contributed by atoms with Gasteiger partial charge in [0.2, 0.25) is 5.91 Å². The molecule has 0 bridgehead atoms. The molecule has 1 heterocycles.